The number of halogens is 1. The van der Waals surface area contributed by atoms with Crippen LogP contribution in [-0.2, 0) is 11.8 Å². The third kappa shape index (κ3) is 6.16. The number of anilines is 1. The van der Waals surface area contributed by atoms with Gasteiger partial charge in [0.2, 0.25) is 0 Å². The molecule has 1 aliphatic carbocycles. The first-order chi connectivity index (χ1) is 12.7. The molecule has 1 aliphatic rings. The zero-order valence-corrected chi connectivity index (χ0v) is 18.5. The van der Waals surface area contributed by atoms with Crippen molar-refractivity contribution >= 4 is 46.8 Å². The number of rotatable bonds is 9. The van der Waals surface area contributed by atoms with Gasteiger partial charge in [0.1, 0.15) is 12.1 Å². The molecule has 2 aromatic rings. The normalized spacial score (nSPS) is 14.1. The predicted molar refractivity (Wildman–Crippen MR) is 118 cm³/mol. The summed E-state index contributed by atoms with van der Waals surface area (Å²) >= 11 is 0. The molecule has 0 unspecified atom stereocenters. The quantitative estimate of drug-likeness (QED) is 0.238. The molecule has 0 amide bonds. The van der Waals surface area contributed by atoms with E-state index in [4.69, 9.17) is 4.74 Å². The van der Waals surface area contributed by atoms with Crippen molar-refractivity contribution in [3.05, 3.63) is 12.5 Å². The number of likely N-dealkylation sites (N-methyl/N-ethyl adjacent to an activating group) is 1. The van der Waals surface area contributed by atoms with E-state index in [2.05, 4.69) is 35.6 Å². The van der Waals surface area contributed by atoms with Crippen LogP contribution >= 0.6 is 24.0 Å². The Morgan fingerprint density at radius 2 is 2.19 bits per heavy atom. The second-order valence-corrected chi connectivity index (χ2v) is 6.57. The molecule has 2 aromatic heterocycles. The first-order valence-corrected chi connectivity index (χ1v) is 9.05. The Bertz CT molecular complexity index is 746. The van der Waals surface area contributed by atoms with Gasteiger partial charge in [-0.15, -0.1) is 24.0 Å². The number of fused-ring (bicyclic) bond motifs is 1. The summed E-state index contributed by atoms with van der Waals surface area (Å²) < 4.78 is 7.43. The minimum absolute atomic E-state index is 0. The topological polar surface area (TPSA) is 92.5 Å². The third-order valence-electron chi connectivity index (χ3n) is 4.42. The fourth-order valence-electron chi connectivity index (χ4n) is 2.68. The lowest BCUT2D eigenvalue weighted by atomic mass is 10.4. The van der Waals surface area contributed by atoms with Crippen molar-refractivity contribution in [2.75, 3.05) is 52.3 Å². The highest BCUT2D eigenvalue weighted by Gasteiger charge is 2.21. The smallest absolute Gasteiger partial charge is 0.193 e. The van der Waals surface area contributed by atoms with Crippen molar-refractivity contribution in [1.29, 1.82) is 0 Å². The van der Waals surface area contributed by atoms with Crippen LogP contribution in [0.5, 0.6) is 0 Å². The molecule has 3 rings (SSSR count). The highest BCUT2D eigenvalue weighted by atomic mass is 127. The second-order valence-electron chi connectivity index (χ2n) is 6.57. The molecule has 2 heterocycles. The fraction of sp³-hybridized carbons (Fsp3) is 0.647. The molecular weight excluding hydrogens is 459 g/mol. The van der Waals surface area contributed by atoms with Gasteiger partial charge in [0.15, 0.2) is 11.6 Å². The minimum Gasteiger partial charge on any atom is -0.379 e. The van der Waals surface area contributed by atoms with Gasteiger partial charge in [-0.1, -0.05) is 0 Å². The summed E-state index contributed by atoms with van der Waals surface area (Å²) in [6, 6.07) is 0. The van der Waals surface area contributed by atoms with E-state index < -0.39 is 0 Å². The Labute approximate surface area is 177 Å². The van der Waals surface area contributed by atoms with Crippen LogP contribution < -0.4 is 10.6 Å². The van der Waals surface area contributed by atoms with E-state index in [1.807, 2.05) is 14.1 Å². The van der Waals surface area contributed by atoms with Crippen molar-refractivity contribution < 1.29 is 4.74 Å². The molecule has 0 atom stereocenters. The number of aryl methyl sites for hydroxylation is 1. The Morgan fingerprint density at radius 3 is 2.93 bits per heavy atom. The summed E-state index contributed by atoms with van der Waals surface area (Å²) in [7, 11) is 5.68. The van der Waals surface area contributed by atoms with E-state index >= 15 is 0 Å². The van der Waals surface area contributed by atoms with Crippen LogP contribution in [0, 0.1) is 5.92 Å². The molecule has 1 saturated carbocycles. The van der Waals surface area contributed by atoms with Crippen LogP contribution in [0.1, 0.15) is 12.8 Å². The summed E-state index contributed by atoms with van der Waals surface area (Å²) in [6.07, 6.45) is 5.97. The number of nitrogens with one attached hydrogen (secondary N) is 2. The Hall–Kier alpha value is -1.69. The molecule has 27 heavy (non-hydrogen) atoms. The molecular formula is C17H29IN8O. The summed E-state index contributed by atoms with van der Waals surface area (Å²) in [6.45, 7) is 3.89. The zero-order valence-electron chi connectivity index (χ0n) is 16.2. The van der Waals surface area contributed by atoms with Gasteiger partial charge < -0.3 is 20.3 Å². The molecule has 9 nitrogen and oxygen atoms in total. The maximum atomic E-state index is 5.69. The molecule has 0 aromatic carbocycles. The van der Waals surface area contributed by atoms with Gasteiger partial charge in [0, 0.05) is 47.4 Å². The van der Waals surface area contributed by atoms with Crippen LogP contribution in [0.4, 0.5) is 5.82 Å². The van der Waals surface area contributed by atoms with Crippen molar-refractivity contribution in [3.8, 4) is 0 Å². The van der Waals surface area contributed by atoms with Gasteiger partial charge in [0.05, 0.1) is 18.2 Å². The number of hydrogen-bond acceptors (Lipinski definition) is 6. The standard InChI is InChI=1S/C17H28N8O.HI/c1-18-17(24(2)8-9-26-11-13-4-5-13)20-7-6-19-15-14-10-23-25(3)16(14)22-12-21-15;/h10,12-13H,4-9,11H2,1-3H3,(H,18,20)(H,19,21,22);1H. The average molecular weight is 488 g/mol. The number of ether oxygens (including phenoxy) is 1. The molecule has 10 heteroatoms. The number of guanidine groups is 1. The van der Waals surface area contributed by atoms with E-state index in [0.29, 0.717) is 6.54 Å². The fourth-order valence-corrected chi connectivity index (χ4v) is 2.68. The van der Waals surface area contributed by atoms with Gasteiger partial charge in [-0.3, -0.25) is 9.67 Å². The first kappa shape index (κ1) is 21.6. The van der Waals surface area contributed by atoms with Gasteiger partial charge in [0.25, 0.3) is 0 Å². The largest absolute Gasteiger partial charge is 0.379 e. The van der Waals surface area contributed by atoms with E-state index in [9.17, 15) is 0 Å². The summed E-state index contributed by atoms with van der Waals surface area (Å²) in [5.74, 6) is 2.45. The number of aromatic nitrogens is 4. The SMILES string of the molecule is CN=C(NCCNc1ncnc2c1cnn2C)N(C)CCOCC1CC1.I. The van der Waals surface area contributed by atoms with Crippen molar-refractivity contribution in [1.82, 2.24) is 30.0 Å². The van der Waals surface area contributed by atoms with E-state index in [1.54, 1.807) is 24.3 Å². The van der Waals surface area contributed by atoms with Crippen molar-refractivity contribution in [2.45, 2.75) is 12.8 Å². The van der Waals surface area contributed by atoms with Crippen LogP contribution in [0.2, 0.25) is 0 Å². The lowest BCUT2D eigenvalue weighted by molar-refractivity contribution is 0.115. The van der Waals surface area contributed by atoms with Crippen LogP contribution in [0.15, 0.2) is 17.5 Å². The molecule has 2 N–H and O–H groups in total. The Balaban J connectivity index is 0.00000261. The number of aliphatic imine (C=N–C) groups is 1. The van der Waals surface area contributed by atoms with Crippen molar-refractivity contribution in [3.63, 3.8) is 0 Å². The summed E-state index contributed by atoms with van der Waals surface area (Å²) in [4.78, 5) is 14.9. The highest BCUT2D eigenvalue weighted by Crippen LogP contribution is 2.28. The maximum absolute atomic E-state index is 5.69. The lowest BCUT2D eigenvalue weighted by Crippen LogP contribution is -2.42. The number of hydrogen-bond donors (Lipinski definition) is 2. The van der Waals surface area contributed by atoms with Crippen LogP contribution in [-0.4, -0.2) is 77.6 Å². The molecule has 0 aliphatic heterocycles. The minimum atomic E-state index is 0. The van der Waals surface area contributed by atoms with Gasteiger partial charge in [-0.05, 0) is 18.8 Å². The lowest BCUT2D eigenvalue weighted by Gasteiger charge is -2.22. The first-order valence-electron chi connectivity index (χ1n) is 9.05. The van der Waals surface area contributed by atoms with E-state index in [0.717, 1.165) is 55.0 Å². The average Bonchev–Trinajstić information content (AvgIpc) is 3.40. The predicted octanol–water partition coefficient (Wildman–Crippen LogP) is 1.33. The maximum Gasteiger partial charge on any atom is 0.193 e. The van der Waals surface area contributed by atoms with Crippen LogP contribution in [0.3, 0.4) is 0 Å². The third-order valence-corrected chi connectivity index (χ3v) is 4.42. The molecule has 0 radical (unpaired) electrons. The van der Waals surface area contributed by atoms with Crippen LogP contribution in [0.25, 0.3) is 11.0 Å². The monoisotopic (exact) mass is 488 g/mol. The van der Waals surface area contributed by atoms with E-state index in [1.165, 1.54) is 12.8 Å². The second kappa shape index (κ2) is 10.6. The molecule has 150 valence electrons. The van der Waals surface area contributed by atoms with Gasteiger partial charge >= 0.3 is 0 Å². The molecule has 0 spiro atoms. The molecule has 0 saturated heterocycles. The van der Waals surface area contributed by atoms with Gasteiger partial charge in [-0.25, -0.2) is 9.97 Å². The summed E-state index contributed by atoms with van der Waals surface area (Å²) in [5.41, 5.74) is 0.817. The van der Waals surface area contributed by atoms with Crippen molar-refractivity contribution in [2.24, 2.45) is 18.0 Å². The highest BCUT2D eigenvalue weighted by molar-refractivity contribution is 14.0. The Morgan fingerprint density at radius 1 is 1.37 bits per heavy atom. The van der Waals surface area contributed by atoms with Gasteiger partial charge in [-0.2, -0.15) is 5.10 Å². The number of nitrogens with zero attached hydrogens (tertiary/aromatic N) is 6. The molecule has 0 bridgehead atoms. The summed E-state index contributed by atoms with van der Waals surface area (Å²) in [5, 5.41) is 11.8. The Kier molecular flexibility index (Phi) is 8.48. The zero-order chi connectivity index (χ0) is 18.4. The van der Waals surface area contributed by atoms with E-state index in [-0.39, 0.29) is 24.0 Å². The molecule has 1 fully saturated rings.